The number of alkyl halides is 1. The highest BCUT2D eigenvalue weighted by molar-refractivity contribution is 9.11. The van der Waals surface area contributed by atoms with Crippen LogP contribution in [0.5, 0.6) is 0 Å². The summed E-state index contributed by atoms with van der Waals surface area (Å²) >= 11 is 10.1. The van der Waals surface area contributed by atoms with E-state index in [2.05, 4.69) is 53.9 Å². The van der Waals surface area contributed by atoms with Gasteiger partial charge in [-0.3, -0.25) is 0 Å². The third-order valence-electron chi connectivity index (χ3n) is 2.48. The van der Waals surface area contributed by atoms with Crippen molar-refractivity contribution in [1.82, 2.24) is 0 Å². The molecule has 0 aliphatic heterocycles. The van der Waals surface area contributed by atoms with Crippen LogP contribution in [0.15, 0.2) is 57.5 Å². The van der Waals surface area contributed by atoms with E-state index in [4.69, 9.17) is 0 Å². The van der Waals surface area contributed by atoms with Crippen LogP contribution in [0.2, 0.25) is 0 Å². The van der Waals surface area contributed by atoms with Gasteiger partial charge in [0.2, 0.25) is 0 Å². The first-order valence-corrected chi connectivity index (χ1v) is 10.8. The second-order valence-electron chi connectivity index (χ2n) is 4.39. The van der Waals surface area contributed by atoms with Crippen molar-refractivity contribution in [3.8, 4) is 0 Å². The van der Waals surface area contributed by atoms with Gasteiger partial charge in [0.1, 0.15) is 0 Å². The molecule has 0 aliphatic carbocycles. The van der Waals surface area contributed by atoms with Gasteiger partial charge in [0.15, 0.2) is 9.84 Å². The fourth-order valence-electron chi connectivity index (χ4n) is 1.50. The topological polar surface area (TPSA) is 34.1 Å². The van der Waals surface area contributed by atoms with Gasteiger partial charge in [-0.1, -0.05) is 84.2 Å². The van der Waals surface area contributed by atoms with Gasteiger partial charge < -0.3 is 0 Å². The molecule has 0 heterocycles. The maximum atomic E-state index is 10.9. The van der Waals surface area contributed by atoms with E-state index in [9.17, 15) is 8.42 Å². The molecule has 0 aliphatic rings. The Morgan fingerprint density at radius 1 is 0.857 bits per heavy atom. The van der Waals surface area contributed by atoms with Gasteiger partial charge in [0.05, 0.1) is 5.75 Å². The summed E-state index contributed by atoms with van der Waals surface area (Å²) in [6, 6.07) is 15.5. The Morgan fingerprint density at radius 2 is 1.29 bits per heavy atom. The second-order valence-corrected chi connectivity index (χ2v) is 8.80. The average Bonchev–Trinajstić information content (AvgIpc) is 2.41. The molecule has 6 heteroatoms. The smallest absolute Gasteiger partial charge is 0.151 e. The zero-order valence-corrected chi connectivity index (χ0v) is 17.0. The monoisotopic (exact) mass is 496 g/mol. The zero-order chi connectivity index (χ0) is 15.9. The molecule has 0 atom stereocenters. The van der Waals surface area contributed by atoms with Crippen LogP contribution in [0, 0.1) is 0 Å². The molecule has 0 spiro atoms. The summed E-state index contributed by atoms with van der Waals surface area (Å²) in [6.07, 6.45) is 1.23. The van der Waals surface area contributed by atoms with Crippen molar-refractivity contribution in [3.63, 3.8) is 0 Å². The first kappa shape index (κ1) is 18.9. The maximum absolute atomic E-state index is 10.9. The molecular formula is C15H15Br3O2S. The van der Waals surface area contributed by atoms with Crippen molar-refractivity contribution in [3.05, 3.63) is 68.6 Å². The fraction of sp³-hybridized carbons (Fsp3) is 0.200. The number of halogens is 3. The first-order valence-electron chi connectivity index (χ1n) is 6.04. The quantitative estimate of drug-likeness (QED) is 0.535. The van der Waals surface area contributed by atoms with Gasteiger partial charge in [-0.05, 0) is 23.3 Å². The summed E-state index contributed by atoms with van der Waals surface area (Å²) in [5.41, 5.74) is 2.09. The lowest BCUT2D eigenvalue weighted by Crippen LogP contribution is -2.00. The summed E-state index contributed by atoms with van der Waals surface area (Å²) in [5, 5.41) is 0.911. The Hall–Kier alpha value is -0.170. The molecule has 0 unspecified atom stereocenters. The van der Waals surface area contributed by atoms with Crippen LogP contribution in [0.3, 0.4) is 0 Å². The Balaban J connectivity index is 0.000000219. The lowest BCUT2D eigenvalue weighted by molar-refractivity contribution is 0.601. The molecule has 0 radical (unpaired) electrons. The van der Waals surface area contributed by atoms with Crippen LogP contribution < -0.4 is 0 Å². The maximum Gasteiger partial charge on any atom is 0.151 e. The van der Waals surface area contributed by atoms with E-state index in [1.165, 1.54) is 16.3 Å². The Morgan fingerprint density at radius 3 is 1.62 bits per heavy atom. The fourth-order valence-corrected chi connectivity index (χ4v) is 4.22. The Labute approximate surface area is 151 Å². The molecule has 0 N–H and O–H groups in total. The first-order chi connectivity index (χ1) is 9.83. The zero-order valence-electron chi connectivity index (χ0n) is 11.4. The van der Waals surface area contributed by atoms with E-state index in [0.29, 0.717) is 0 Å². The summed E-state index contributed by atoms with van der Waals surface area (Å²) in [4.78, 5) is 0. The number of rotatable bonds is 3. The van der Waals surface area contributed by atoms with Crippen LogP contribution >= 0.6 is 47.8 Å². The van der Waals surface area contributed by atoms with Gasteiger partial charge in [0.25, 0.3) is 0 Å². The summed E-state index contributed by atoms with van der Waals surface area (Å²) in [5.74, 6) is 0.0917. The molecule has 0 fully saturated rings. The van der Waals surface area contributed by atoms with Crippen LogP contribution in [0.4, 0.5) is 0 Å². The SMILES string of the molecule is BrCc1ccccc1Br.CS(=O)(=O)Cc1ccccc1Br. The van der Waals surface area contributed by atoms with E-state index < -0.39 is 9.84 Å². The number of benzene rings is 2. The molecule has 0 saturated heterocycles. The van der Waals surface area contributed by atoms with Gasteiger partial charge >= 0.3 is 0 Å². The largest absolute Gasteiger partial charge is 0.229 e. The van der Waals surface area contributed by atoms with E-state index in [0.717, 1.165) is 15.4 Å². The minimum atomic E-state index is -2.93. The molecular weight excluding hydrogens is 484 g/mol. The molecule has 0 saturated carbocycles. The highest BCUT2D eigenvalue weighted by Gasteiger charge is 2.06. The van der Waals surface area contributed by atoms with Crippen LogP contribution in [-0.4, -0.2) is 14.7 Å². The van der Waals surface area contributed by atoms with E-state index >= 15 is 0 Å². The number of hydrogen-bond acceptors (Lipinski definition) is 2. The number of hydrogen-bond donors (Lipinski definition) is 0. The summed E-state index contributed by atoms with van der Waals surface area (Å²) < 4.78 is 23.9. The molecule has 21 heavy (non-hydrogen) atoms. The van der Waals surface area contributed by atoms with Crippen molar-refractivity contribution in [2.75, 3.05) is 6.26 Å². The van der Waals surface area contributed by atoms with Crippen molar-refractivity contribution in [2.45, 2.75) is 11.1 Å². The van der Waals surface area contributed by atoms with Crippen molar-refractivity contribution in [2.24, 2.45) is 0 Å². The predicted octanol–water partition coefficient (Wildman–Crippen LogP) is 5.34. The third kappa shape index (κ3) is 7.58. The normalized spacial score (nSPS) is 10.7. The molecule has 2 aromatic carbocycles. The molecule has 0 aromatic heterocycles. The molecule has 2 aromatic rings. The lowest BCUT2D eigenvalue weighted by atomic mass is 10.2. The van der Waals surface area contributed by atoms with Crippen molar-refractivity contribution in [1.29, 1.82) is 0 Å². The molecule has 0 amide bonds. The lowest BCUT2D eigenvalue weighted by Gasteiger charge is -2.00. The second kappa shape index (κ2) is 9.08. The highest BCUT2D eigenvalue weighted by Crippen LogP contribution is 2.18. The van der Waals surface area contributed by atoms with Crippen molar-refractivity contribution >= 4 is 57.6 Å². The summed E-state index contributed by atoms with van der Waals surface area (Å²) in [7, 11) is -2.93. The molecule has 114 valence electrons. The van der Waals surface area contributed by atoms with Crippen molar-refractivity contribution < 1.29 is 8.42 Å². The van der Waals surface area contributed by atoms with E-state index in [1.54, 1.807) is 6.07 Å². The summed E-state index contributed by atoms with van der Waals surface area (Å²) in [6.45, 7) is 0. The standard InChI is InChI=1S/C8H9BrO2S.C7H6Br2/c1-12(10,11)6-7-4-2-3-5-8(7)9;8-5-6-3-1-2-4-7(6)9/h2-5H,6H2,1H3;1-4H,5H2. The highest BCUT2D eigenvalue weighted by atomic mass is 79.9. The Bertz CT molecular complexity index is 685. The molecule has 2 rings (SSSR count). The predicted molar refractivity (Wildman–Crippen MR) is 99.5 cm³/mol. The van der Waals surface area contributed by atoms with Crippen LogP contribution in [0.25, 0.3) is 0 Å². The van der Waals surface area contributed by atoms with E-state index in [1.807, 2.05) is 36.4 Å². The van der Waals surface area contributed by atoms with Gasteiger partial charge in [-0.25, -0.2) is 8.42 Å². The van der Waals surface area contributed by atoms with Gasteiger partial charge in [-0.2, -0.15) is 0 Å². The minimum Gasteiger partial charge on any atom is -0.229 e. The van der Waals surface area contributed by atoms with E-state index in [-0.39, 0.29) is 5.75 Å². The van der Waals surface area contributed by atoms with Crippen LogP contribution in [0.1, 0.15) is 11.1 Å². The minimum absolute atomic E-state index is 0.0917. The molecule has 2 nitrogen and oxygen atoms in total. The Kier molecular flexibility index (Phi) is 8.16. The molecule has 0 bridgehead atoms. The van der Waals surface area contributed by atoms with Gasteiger partial charge in [0, 0.05) is 20.5 Å². The number of sulfone groups is 1. The van der Waals surface area contributed by atoms with Gasteiger partial charge in [-0.15, -0.1) is 0 Å². The average molecular weight is 499 g/mol. The van der Waals surface area contributed by atoms with Crippen LogP contribution in [-0.2, 0) is 20.9 Å². The third-order valence-corrected chi connectivity index (χ3v) is 5.46.